The number of carbonyl (C=O) groups is 3. The molecule has 0 aliphatic heterocycles. The number of ether oxygens (including phenoxy) is 3. The van der Waals surface area contributed by atoms with Crippen LogP contribution in [0.25, 0.3) is 0 Å². The zero-order valence-electron chi connectivity index (χ0n) is 15.0. The van der Waals surface area contributed by atoms with E-state index in [2.05, 4.69) is 10.1 Å². The van der Waals surface area contributed by atoms with Crippen molar-refractivity contribution in [2.45, 2.75) is 51.4 Å². The van der Waals surface area contributed by atoms with E-state index in [0.717, 1.165) is 5.56 Å². The smallest absolute Gasteiger partial charge is 0.408 e. The van der Waals surface area contributed by atoms with Gasteiger partial charge in [0.2, 0.25) is 0 Å². The van der Waals surface area contributed by atoms with Gasteiger partial charge in [0.05, 0.1) is 19.6 Å². The highest BCUT2D eigenvalue weighted by Crippen LogP contribution is 2.14. The third-order valence-electron chi connectivity index (χ3n) is 3.28. The first-order valence-electron chi connectivity index (χ1n) is 7.94. The van der Waals surface area contributed by atoms with E-state index in [9.17, 15) is 14.4 Å². The Kier molecular flexibility index (Phi) is 7.91. The molecule has 0 unspecified atom stereocenters. The van der Waals surface area contributed by atoms with Crippen molar-refractivity contribution >= 4 is 18.5 Å². The summed E-state index contributed by atoms with van der Waals surface area (Å²) in [6.07, 6.45) is -1.35. The molecule has 1 rings (SSSR count). The van der Waals surface area contributed by atoms with E-state index < -0.39 is 29.8 Å². The number of nitrogens with one attached hydrogen (secondary N) is 1. The molecule has 0 saturated heterocycles. The quantitative estimate of drug-likeness (QED) is 0.439. The summed E-state index contributed by atoms with van der Waals surface area (Å²) in [6.45, 7) is 5.48. The summed E-state index contributed by atoms with van der Waals surface area (Å²) < 4.78 is 14.9. The predicted octanol–water partition coefficient (Wildman–Crippen LogP) is 2.23. The minimum atomic E-state index is -0.877. The fourth-order valence-electron chi connectivity index (χ4n) is 2.21. The highest BCUT2D eigenvalue weighted by atomic mass is 16.6. The summed E-state index contributed by atoms with van der Waals surface area (Å²) in [7, 11) is 1.24. The van der Waals surface area contributed by atoms with Crippen LogP contribution in [0.4, 0.5) is 4.79 Å². The van der Waals surface area contributed by atoms with Crippen LogP contribution < -0.4 is 5.32 Å². The van der Waals surface area contributed by atoms with E-state index in [4.69, 9.17) is 9.47 Å². The van der Waals surface area contributed by atoms with Gasteiger partial charge in [0.15, 0.2) is 0 Å². The first kappa shape index (κ1) is 20.5. The topological polar surface area (TPSA) is 90.9 Å². The maximum atomic E-state index is 12.1. The Morgan fingerprint density at radius 1 is 1.20 bits per heavy atom. The molecule has 0 bridgehead atoms. The monoisotopic (exact) mass is 351 g/mol. The number of esters is 1. The van der Waals surface area contributed by atoms with Crippen molar-refractivity contribution in [1.29, 1.82) is 0 Å². The number of alkyl carbamates (subject to hydrolysis) is 1. The summed E-state index contributed by atoms with van der Waals surface area (Å²) in [5, 5.41) is 2.68. The summed E-state index contributed by atoms with van der Waals surface area (Å²) in [4.78, 5) is 34.6. The summed E-state index contributed by atoms with van der Waals surface area (Å²) in [6, 6.07) is 8.68. The average Bonchev–Trinajstić information content (AvgIpc) is 2.53. The van der Waals surface area contributed by atoms with E-state index in [0.29, 0.717) is 6.42 Å². The molecule has 1 aromatic rings. The van der Waals surface area contributed by atoms with Gasteiger partial charge in [0.25, 0.3) is 6.47 Å². The Morgan fingerprint density at radius 3 is 2.36 bits per heavy atom. The SMILES string of the molecule is COC(=O)C[C@H](OC=O)[C@H](Cc1ccccc1)NC(=O)OC(C)(C)C. The number of hydrogen-bond acceptors (Lipinski definition) is 6. The third-order valence-corrected chi connectivity index (χ3v) is 3.28. The minimum absolute atomic E-state index is 0.178. The molecule has 25 heavy (non-hydrogen) atoms. The molecule has 7 nitrogen and oxygen atoms in total. The first-order valence-corrected chi connectivity index (χ1v) is 7.94. The van der Waals surface area contributed by atoms with Crippen LogP contribution in [0.15, 0.2) is 30.3 Å². The van der Waals surface area contributed by atoms with Crippen LogP contribution in [0.1, 0.15) is 32.8 Å². The summed E-state index contributed by atoms with van der Waals surface area (Å²) >= 11 is 0. The Labute approximate surface area is 147 Å². The van der Waals surface area contributed by atoms with Gasteiger partial charge < -0.3 is 19.5 Å². The van der Waals surface area contributed by atoms with Crippen molar-refractivity contribution < 1.29 is 28.6 Å². The highest BCUT2D eigenvalue weighted by molar-refractivity contribution is 5.71. The van der Waals surface area contributed by atoms with Crippen molar-refractivity contribution in [3.63, 3.8) is 0 Å². The standard InChI is InChI=1S/C18H25NO6/c1-18(2,3)25-17(22)19-14(10-13-8-6-5-7-9-13)15(24-12-20)11-16(21)23-4/h5-9,12,14-15H,10-11H2,1-4H3,(H,19,22)/t14-,15-/m0/s1. The lowest BCUT2D eigenvalue weighted by Crippen LogP contribution is -2.48. The molecule has 0 aliphatic carbocycles. The molecule has 7 heteroatoms. The zero-order valence-corrected chi connectivity index (χ0v) is 15.0. The lowest BCUT2D eigenvalue weighted by atomic mass is 9.99. The van der Waals surface area contributed by atoms with Gasteiger partial charge in [-0.2, -0.15) is 0 Å². The van der Waals surface area contributed by atoms with Gasteiger partial charge in [-0.25, -0.2) is 4.79 Å². The van der Waals surface area contributed by atoms with Gasteiger partial charge in [0.1, 0.15) is 11.7 Å². The predicted molar refractivity (Wildman–Crippen MR) is 90.9 cm³/mol. The zero-order chi connectivity index (χ0) is 18.9. The lowest BCUT2D eigenvalue weighted by Gasteiger charge is -2.28. The van der Waals surface area contributed by atoms with E-state index in [-0.39, 0.29) is 12.9 Å². The fraction of sp³-hybridized carbons (Fsp3) is 0.500. The van der Waals surface area contributed by atoms with Crippen LogP contribution in [0.2, 0.25) is 0 Å². The largest absolute Gasteiger partial charge is 0.469 e. The Hall–Kier alpha value is -2.57. The molecule has 0 aromatic heterocycles. The van der Waals surface area contributed by atoms with Crippen LogP contribution in [-0.4, -0.2) is 43.4 Å². The van der Waals surface area contributed by atoms with E-state index in [1.807, 2.05) is 30.3 Å². The molecule has 0 aliphatic rings. The molecular formula is C18H25NO6. The Morgan fingerprint density at radius 2 is 1.84 bits per heavy atom. The summed E-state index contributed by atoms with van der Waals surface area (Å²) in [5.74, 6) is -0.545. The minimum Gasteiger partial charge on any atom is -0.469 e. The summed E-state index contributed by atoms with van der Waals surface area (Å²) in [5.41, 5.74) is 0.234. The van der Waals surface area contributed by atoms with Crippen molar-refractivity contribution in [2.75, 3.05) is 7.11 Å². The molecule has 1 N–H and O–H groups in total. The van der Waals surface area contributed by atoms with E-state index in [1.165, 1.54) is 7.11 Å². The number of benzene rings is 1. The maximum Gasteiger partial charge on any atom is 0.408 e. The van der Waals surface area contributed by atoms with Crippen LogP contribution in [0, 0.1) is 0 Å². The Balaban J connectivity index is 2.95. The molecule has 0 radical (unpaired) electrons. The third kappa shape index (κ3) is 8.19. The molecule has 138 valence electrons. The van der Waals surface area contributed by atoms with E-state index in [1.54, 1.807) is 20.8 Å². The van der Waals surface area contributed by atoms with Crippen molar-refractivity contribution in [3.8, 4) is 0 Å². The van der Waals surface area contributed by atoms with Gasteiger partial charge in [-0.3, -0.25) is 9.59 Å². The maximum absolute atomic E-state index is 12.1. The molecular weight excluding hydrogens is 326 g/mol. The second kappa shape index (κ2) is 9.66. The number of amides is 1. The van der Waals surface area contributed by atoms with Crippen molar-refractivity contribution in [2.24, 2.45) is 0 Å². The second-order valence-electron chi connectivity index (χ2n) is 6.49. The molecule has 2 atom stereocenters. The highest BCUT2D eigenvalue weighted by Gasteiger charge is 2.29. The van der Waals surface area contributed by atoms with Gasteiger partial charge in [0, 0.05) is 0 Å². The number of hydrogen-bond donors (Lipinski definition) is 1. The average molecular weight is 351 g/mol. The number of carbonyl (C=O) groups excluding carboxylic acids is 3. The Bertz CT molecular complexity index is 567. The molecule has 1 amide bonds. The first-order chi connectivity index (χ1) is 11.7. The second-order valence-corrected chi connectivity index (χ2v) is 6.49. The van der Waals surface area contributed by atoms with Gasteiger partial charge in [-0.1, -0.05) is 30.3 Å². The van der Waals surface area contributed by atoms with Crippen LogP contribution >= 0.6 is 0 Å². The lowest BCUT2D eigenvalue weighted by molar-refractivity contribution is -0.147. The van der Waals surface area contributed by atoms with Crippen molar-refractivity contribution in [1.82, 2.24) is 5.32 Å². The molecule has 0 spiro atoms. The number of methoxy groups -OCH3 is 1. The van der Waals surface area contributed by atoms with Crippen LogP contribution in [0.3, 0.4) is 0 Å². The van der Waals surface area contributed by atoms with Crippen LogP contribution in [0.5, 0.6) is 0 Å². The molecule has 0 heterocycles. The molecule has 0 fully saturated rings. The number of rotatable bonds is 8. The fourth-order valence-corrected chi connectivity index (χ4v) is 2.21. The normalized spacial score (nSPS) is 13.3. The van der Waals surface area contributed by atoms with Gasteiger partial charge in [-0.05, 0) is 32.8 Å². The van der Waals surface area contributed by atoms with Gasteiger partial charge >= 0.3 is 12.1 Å². The van der Waals surface area contributed by atoms with Crippen LogP contribution in [-0.2, 0) is 30.2 Å². The molecule has 1 aromatic carbocycles. The van der Waals surface area contributed by atoms with Gasteiger partial charge in [-0.15, -0.1) is 0 Å². The van der Waals surface area contributed by atoms with E-state index >= 15 is 0 Å². The molecule has 0 saturated carbocycles. The van der Waals surface area contributed by atoms with Crippen molar-refractivity contribution in [3.05, 3.63) is 35.9 Å².